The third kappa shape index (κ3) is 7.50. The Hall–Kier alpha value is -1.61. The van der Waals surface area contributed by atoms with Gasteiger partial charge in [-0.05, 0) is 43.7 Å². The molecule has 2 rings (SSSR count). The summed E-state index contributed by atoms with van der Waals surface area (Å²) in [6, 6.07) is 12.3. The lowest BCUT2D eigenvalue weighted by Crippen LogP contribution is -2.42. The predicted octanol–water partition coefficient (Wildman–Crippen LogP) is 3.67. The van der Waals surface area contributed by atoms with Crippen LogP contribution in [0.3, 0.4) is 0 Å². The Labute approximate surface area is 183 Å². The summed E-state index contributed by atoms with van der Waals surface area (Å²) in [7, 11) is 5.29. The van der Waals surface area contributed by atoms with Gasteiger partial charge in [-0.15, -0.1) is 35.3 Å². The first-order chi connectivity index (χ1) is 12.4. The molecule has 0 spiro atoms. The molecule has 1 heterocycles. The summed E-state index contributed by atoms with van der Waals surface area (Å²) < 4.78 is 0. The van der Waals surface area contributed by atoms with Crippen molar-refractivity contribution in [1.82, 2.24) is 15.5 Å². The minimum atomic E-state index is 0. The highest BCUT2D eigenvalue weighted by molar-refractivity contribution is 14.0. The van der Waals surface area contributed by atoms with E-state index in [4.69, 9.17) is 0 Å². The van der Waals surface area contributed by atoms with E-state index in [0.717, 1.165) is 17.9 Å². The van der Waals surface area contributed by atoms with E-state index in [0.29, 0.717) is 18.2 Å². The van der Waals surface area contributed by atoms with Gasteiger partial charge in [0, 0.05) is 55.5 Å². The van der Waals surface area contributed by atoms with Crippen LogP contribution in [0, 0.1) is 6.92 Å². The van der Waals surface area contributed by atoms with Crippen molar-refractivity contribution in [1.29, 1.82) is 0 Å². The number of nitrogens with zero attached hydrogens (tertiary/aromatic N) is 2. The number of hydrogen-bond donors (Lipinski definition) is 2. The Morgan fingerprint density at radius 2 is 1.85 bits per heavy atom. The number of carbonyl (C=O) groups excluding carboxylic acids is 1. The molecule has 7 heteroatoms. The van der Waals surface area contributed by atoms with E-state index < -0.39 is 0 Å². The highest BCUT2D eigenvalue weighted by atomic mass is 127. The zero-order valence-electron chi connectivity index (χ0n) is 16.6. The molecule has 5 nitrogen and oxygen atoms in total. The molecule has 1 aromatic heterocycles. The lowest BCUT2D eigenvalue weighted by Gasteiger charge is -2.17. The second-order valence-electron chi connectivity index (χ2n) is 6.58. The average Bonchev–Trinajstić information content (AvgIpc) is 3.02. The van der Waals surface area contributed by atoms with E-state index in [1.54, 1.807) is 26.0 Å². The molecule has 0 aliphatic carbocycles. The van der Waals surface area contributed by atoms with Crippen LogP contribution in [-0.4, -0.2) is 44.0 Å². The summed E-state index contributed by atoms with van der Waals surface area (Å²) in [5.74, 6) is 0.791. The second kappa shape index (κ2) is 11.3. The van der Waals surface area contributed by atoms with Gasteiger partial charge in [0.25, 0.3) is 5.91 Å². The molecule has 0 saturated heterocycles. The number of rotatable bonds is 6. The molecule has 1 aromatic carbocycles. The van der Waals surface area contributed by atoms with Gasteiger partial charge in [-0.25, -0.2) is 0 Å². The van der Waals surface area contributed by atoms with E-state index in [-0.39, 0.29) is 29.9 Å². The fraction of sp³-hybridized carbons (Fsp3) is 0.400. The van der Waals surface area contributed by atoms with Gasteiger partial charge in [-0.3, -0.25) is 9.79 Å². The van der Waals surface area contributed by atoms with Crippen LogP contribution in [0.4, 0.5) is 0 Å². The molecule has 0 aliphatic heterocycles. The van der Waals surface area contributed by atoms with Gasteiger partial charge in [0.2, 0.25) is 0 Å². The Balaban J connectivity index is 0.00000364. The monoisotopic (exact) mass is 500 g/mol. The molecule has 27 heavy (non-hydrogen) atoms. The maximum Gasteiger partial charge on any atom is 0.253 e. The minimum absolute atomic E-state index is 0. The molecule has 1 unspecified atom stereocenters. The lowest BCUT2D eigenvalue weighted by atomic mass is 10.1. The van der Waals surface area contributed by atoms with Crippen LogP contribution in [0.5, 0.6) is 0 Å². The van der Waals surface area contributed by atoms with Crippen molar-refractivity contribution in [2.24, 2.45) is 4.99 Å². The molecule has 0 bridgehead atoms. The van der Waals surface area contributed by atoms with Crippen LogP contribution >= 0.6 is 35.3 Å². The molecule has 0 saturated carbocycles. The van der Waals surface area contributed by atoms with Crippen LogP contribution in [0.15, 0.2) is 41.4 Å². The molecular formula is C20H29IN4OS. The van der Waals surface area contributed by atoms with Crippen LogP contribution < -0.4 is 10.6 Å². The summed E-state index contributed by atoms with van der Waals surface area (Å²) in [4.78, 5) is 20.5. The number of thiophene rings is 1. The number of aliphatic imine (C=N–C) groups is 1. The Bertz CT molecular complexity index is 756. The molecule has 2 aromatic rings. The molecule has 1 atom stereocenters. The minimum Gasteiger partial charge on any atom is -0.354 e. The highest BCUT2D eigenvalue weighted by Crippen LogP contribution is 2.16. The first-order valence-corrected chi connectivity index (χ1v) is 9.53. The molecular weight excluding hydrogens is 471 g/mol. The van der Waals surface area contributed by atoms with E-state index in [1.165, 1.54) is 9.75 Å². The summed E-state index contributed by atoms with van der Waals surface area (Å²) in [5.41, 5.74) is 1.80. The van der Waals surface area contributed by atoms with E-state index >= 15 is 0 Å². The second-order valence-corrected chi connectivity index (χ2v) is 7.96. The van der Waals surface area contributed by atoms with Crippen molar-refractivity contribution in [2.45, 2.75) is 32.9 Å². The Morgan fingerprint density at radius 3 is 2.37 bits per heavy atom. The quantitative estimate of drug-likeness (QED) is 0.362. The summed E-state index contributed by atoms with van der Waals surface area (Å²) in [6.45, 7) is 4.94. The third-order valence-corrected chi connectivity index (χ3v) is 5.00. The van der Waals surface area contributed by atoms with Gasteiger partial charge in [-0.2, -0.15) is 0 Å². The van der Waals surface area contributed by atoms with Gasteiger partial charge < -0.3 is 15.5 Å². The van der Waals surface area contributed by atoms with Crippen LogP contribution in [-0.2, 0) is 13.0 Å². The van der Waals surface area contributed by atoms with Gasteiger partial charge >= 0.3 is 0 Å². The van der Waals surface area contributed by atoms with Crippen molar-refractivity contribution in [3.63, 3.8) is 0 Å². The zero-order valence-corrected chi connectivity index (χ0v) is 19.7. The first kappa shape index (κ1) is 23.4. The Kier molecular flexibility index (Phi) is 9.79. The average molecular weight is 500 g/mol. The van der Waals surface area contributed by atoms with Crippen molar-refractivity contribution in [3.05, 3.63) is 57.3 Å². The topological polar surface area (TPSA) is 56.7 Å². The largest absolute Gasteiger partial charge is 0.354 e. The predicted molar refractivity (Wildman–Crippen MR) is 125 cm³/mol. The van der Waals surface area contributed by atoms with Crippen molar-refractivity contribution < 1.29 is 4.79 Å². The summed E-state index contributed by atoms with van der Waals surface area (Å²) in [5, 5.41) is 6.75. The number of aryl methyl sites for hydroxylation is 1. The van der Waals surface area contributed by atoms with E-state index in [2.05, 4.69) is 41.6 Å². The fourth-order valence-corrected chi connectivity index (χ4v) is 3.60. The normalized spacial score (nSPS) is 12.1. The number of carbonyl (C=O) groups is 1. The van der Waals surface area contributed by atoms with Gasteiger partial charge in [0.15, 0.2) is 5.96 Å². The van der Waals surface area contributed by atoms with Crippen LogP contribution in [0.2, 0.25) is 0 Å². The first-order valence-electron chi connectivity index (χ1n) is 8.72. The lowest BCUT2D eigenvalue weighted by molar-refractivity contribution is 0.0827. The molecule has 1 amide bonds. The number of hydrogen-bond acceptors (Lipinski definition) is 3. The maximum absolute atomic E-state index is 11.9. The highest BCUT2D eigenvalue weighted by Gasteiger charge is 2.09. The zero-order chi connectivity index (χ0) is 19.1. The number of halogens is 1. The van der Waals surface area contributed by atoms with Crippen molar-refractivity contribution in [2.75, 3.05) is 21.1 Å². The molecule has 148 valence electrons. The maximum atomic E-state index is 11.9. The Morgan fingerprint density at radius 1 is 1.19 bits per heavy atom. The smallest absolute Gasteiger partial charge is 0.253 e. The SMILES string of the molecule is CN=C(NCc1ccc(C(=O)N(C)C)cc1)NC(C)Cc1ccc(C)s1.I. The van der Waals surface area contributed by atoms with Gasteiger partial charge in [0.1, 0.15) is 0 Å². The van der Waals surface area contributed by atoms with E-state index in [1.807, 2.05) is 35.6 Å². The fourth-order valence-electron chi connectivity index (χ4n) is 2.58. The molecule has 0 radical (unpaired) electrons. The van der Waals surface area contributed by atoms with Crippen molar-refractivity contribution >= 4 is 47.2 Å². The van der Waals surface area contributed by atoms with E-state index in [9.17, 15) is 4.79 Å². The van der Waals surface area contributed by atoms with Crippen LogP contribution in [0.1, 0.15) is 32.6 Å². The van der Waals surface area contributed by atoms with Crippen molar-refractivity contribution in [3.8, 4) is 0 Å². The summed E-state index contributed by atoms with van der Waals surface area (Å²) >= 11 is 1.84. The number of benzene rings is 1. The third-order valence-electron chi connectivity index (χ3n) is 3.98. The molecule has 0 aliphatic rings. The summed E-state index contributed by atoms with van der Waals surface area (Å²) in [6.07, 6.45) is 0.973. The molecule has 2 N–H and O–H groups in total. The van der Waals surface area contributed by atoms with Crippen LogP contribution in [0.25, 0.3) is 0 Å². The van der Waals surface area contributed by atoms with Gasteiger partial charge in [0.05, 0.1) is 0 Å². The number of amides is 1. The van der Waals surface area contributed by atoms with Gasteiger partial charge in [-0.1, -0.05) is 12.1 Å². The standard InChI is InChI=1S/C20H28N4OS.HI/c1-14(12-18-11-6-15(2)26-18)23-20(21-3)22-13-16-7-9-17(10-8-16)19(25)24(4)5;/h6-11,14H,12-13H2,1-5H3,(H2,21,22,23);1H. The molecule has 0 fully saturated rings. The number of nitrogens with one attached hydrogen (secondary N) is 2. The number of guanidine groups is 1.